The van der Waals surface area contributed by atoms with Gasteiger partial charge in [0.05, 0.1) is 10.4 Å². The van der Waals surface area contributed by atoms with E-state index in [1.54, 1.807) is 28.9 Å². The minimum Gasteiger partial charge on any atom is -0.372 e. The van der Waals surface area contributed by atoms with Crippen molar-refractivity contribution in [1.82, 2.24) is 14.8 Å². The Kier molecular flexibility index (Phi) is 4.78. The average molecular weight is 408 g/mol. The molecular weight excluding hydrogens is 384 g/mol. The standard InChI is InChI=1S/C22H23N4O2S/c1-14(2)13-26-22-19(12-17-11-16(4)7-10-20(17)23-22)21(24-26)25-29(27,28)18-8-5-15(3)6-9-18/h5-12,14H,13H2,1-4H3/q-1. The van der Waals surface area contributed by atoms with Crippen LogP contribution in [0.1, 0.15) is 25.0 Å². The zero-order valence-corrected chi connectivity index (χ0v) is 17.7. The SMILES string of the molecule is Cc1ccc(S(=O)(=O)[N-]c2nn(CC(C)C)c3nc4ccc(C)cc4cc23)cc1. The third-order valence-corrected chi connectivity index (χ3v) is 6.00. The molecule has 0 saturated heterocycles. The van der Waals surface area contributed by atoms with Crippen molar-refractivity contribution in [3.63, 3.8) is 0 Å². The van der Waals surface area contributed by atoms with Gasteiger partial charge in [-0.15, -0.1) is 0 Å². The largest absolute Gasteiger partial charge is 0.372 e. The molecule has 29 heavy (non-hydrogen) atoms. The van der Waals surface area contributed by atoms with Crippen molar-refractivity contribution in [2.75, 3.05) is 0 Å². The third-order valence-electron chi connectivity index (χ3n) is 4.71. The molecule has 0 bridgehead atoms. The van der Waals surface area contributed by atoms with Gasteiger partial charge >= 0.3 is 0 Å². The first kappa shape index (κ1) is 19.4. The molecule has 2 aromatic carbocycles. The Morgan fingerprint density at radius 1 is 1.00 bits per heavy atom. The predicted octanol–water partition coefficient (Wildman–Crippen LogP) is 5.25. The van der Waals surface area contributed by atoms with Crippen LogP contribution in [-0.2, 0) is 16.6 Å². The molecule has 6 nitrogen and oxygen atoms in total. The Morgan fingerprint density at radius 3 is 2.38 bits per heavy atom. The fourth-order valence-electron chi connectivity index (χ4n) is 3.28. The smallest absolute Gasteiger partial charge is 0.202 e. The van der Waals surface area contributed by atoms with E-state index in [1.165, 1.54) is 0 Å². The van der Waals surface area contributed by atoms with Crippen molar-refractivity contribution < 1.29 is 8.42 Å². The highest BCUT2D eigenvalue weighted by atomic mass is 32.2. The first-order chi connectivity index (χ1) is 13.7. The minimum absolute atomic E-state index is 0.152. The van der Waals surface area contributed by atoms with E-state index in [0.717, 1.165) is 22.0 Å². The fourth-order valence-corrected chi connectivity index (χ4v) is 4.23. The lowest BCUT2D eigenvalue weighted by molar-refractivity contribution is 0.494. The number of pyridine rings is 1. The number of fused-ring (bicyclic) bond motifs is 2. The molecule has 0 radical (unpaired) electrons. The van der Waals surface area contributed by atoms with Crippen LogP contribution in [0.3, 0.4) is 0 Å². The second kappa shape index (κ2) is 7.15. The van der Waals surface area contributed by atoms with Gasteiger partial charge in [0.25, 0.3) is 0 Å². The zero-order chi connectivity index (χ0) is 20.8. The number of hydrogen-bond acceptors (Lipinski definition) is 4. The topological polar surface area (TPSA) is 79.0 Å². The van der Waals surface area contributed by atoms with E-state index in [4.69, 9.17) is 4.98 Å². The summed E-state index contributed by atoms with van der Waals surface area (Å²) >= 11 is 0. The molecule has 0 aliphatic heterocycles. The molecule has 150 valence electrons. The van der Waals surface area contributed by atoms with Gasteiger partial charge in [0.2, 0.25) is 10.0 Å². The molecule has 0 fully saturated rings. The highest BCUT2D eigenvalue weighted by molar-refractivity contribution is 7.94. The Balaban J connectivity index is 1.87. The summed E-state index contributed by atoms with van der Waals surface area (Å²) in [5.74, 6) is 0.507. The van der Waals surface area contributed by atoms with Crippen LogP contribution in [-0.4, -0.2) is 23.2 Å². The number of sulfonamides is 1. The molecule has 0 N–H and O–H groups in total. The molecule has 0 aliphatic rings. The van der Waals surface area contributed by atoms with E-state index in [-0.39, 0.29) is 10.7 Å². The molecular formula is C22H23N4O2S-. The maximum Gasteiger partial charge on any atom is 0.202 e. The molecule has 7 heteroatoms. The van der Waals surface area contributed by atoms with Crippen molar-refractivity contribution in [2.45, 2.75) is 39.1 Å². The number of rotatable bonds is 5. The van der Waals surface area contributed by atoms with Crippen molar-refractivity contribution in [3.8, 4) is 0 Å². The Labute approximate surface area is 170 Å². The first-order valence-corrected chi connectivity index (χ1v) is 11.0. The molecule has 0 unspecified atom stereocenters. The van der Waals surface area contributed by atoms with Crippen molar-refractivity contribution >= 4 is 37.8 Å². The molecule has 2 aromatic heterocycles. The van der Waals surface area contributed by atoms with Gasteiger partial charge in [-0.05, 0) is 55.9 Å². The van der Waals surface area contributed by atoms with Crippen LogP contribution >= 0.6 is 0 Å². The minimum atomic E-state index is -3.88. The van der Waals surface area contributed by atoms with Crippen LogP contribution in [0, 0.1) is 19.8 Å². The predicted molar refractivity (Wildman–Crippen MR) is 116 cm³/mol. The molecule has 0 saturated carbocycles. The number of aryl methyl sites for hydroxylation is 2. The summed E-state index contributed by atoms with van der Waals surface area (Å²) in [7, 11) is -3.88. The lowest BCUT2D eigenvalue weighted by Gasteiger charge is -2.14. The summed E-state index contributed by atoms with van der Waals surface area (Å²) in [6.07, 6.45) is 0. The van der Waals surface area contributed by atoms with Crippen molar-refractivity contribution in [2.24, 2.45) is 5.92 Å². The van der Waals surface area contributed by atoms with E-state index in [1.807, 2.05) is 38.1 Å². The van der Waals surface area contributed by atoms with Crippen molar-refractivity contribution in [3.05, 3.63) is 64.4 Å². The van der Waals surface area contributed by atoms with Crippen LogP contribution < -0.4 is 0 Å². The molecule has 2 heterocycles. The van der Waals surface area contributed by atoms with E-state index in [9.17, 15) is 8.42 Å². The summed E-state index contributed by atoms with van der Waals surface area (Å²) in [4.78, 5) is 4.90. The molecule has 4 rings (SSSR count). The number of aromatic nitrogens is 3. The number of benzene rings is 2. The number of nitrogens with zero attached hydrogens (tertiary/aromatic N) is 4. The highest BCUT2D eigenvalue weighted by Gasteiger charge is 2.14. The van der Waals surface area contributed by atoms with E-state index in [2.05, 4.69) is 23.7 Å². The lowest BCUT2D eigenvalue weighted by Crippen LogP contribution is -2.06. The molecule has 4 aromatic rings. The van der Waals surface area contributed by atoms with Gasteiger partial charge in [-0.25, -0.2) is 13.4 Å². The summed E-state index contributed by atoms with van der Waals surface area (Å²) in [6, 6.07) is 14.6. The van der Waals surface area contributed by atoms with E-state index < -0.39 is 10.0 Å². The second-order valence-electron chi connectivity index (χ2n) is 7.83. The maximum absolute atomic E-state index is 12.9. The summed E-state index contributed by atoms with van der Waals surface area (Å²) in [6.45, 7) is 8.71. The van der Waals surface area contributed by atoms with Gasteiger partial charge in [0.1, 0.15) is 5.65 Å². The summed E-state index contributed by atoms with van der Waals surface area (Å²) in [5, 5.41) is 6.09. The first-order valence-electron chi connectivity index (χ1n) is 9.55. The summed E-state index contributed by atoms with van der Waals surface area (Å²) in [5.41, 5.74) is 3.59. The monoisotopic (exact) mass is 407 g/mol. The second-order valence-corrected chi connectivity index (χ2v) is 9.44. The van der Waals surface area contributed by atoms with Gasteiger partial charge in [-0.2, -0.15) is 0 Å². The van der Waals surface area contributed by atoms with Crippen LogP contribution in [0.5, 0.6) is 0 Å². The average Bonchev–Trinajstić information content (AvgIpc) is 2.95. The Bertz CT molecular complexity index is 1310. The lowest BCUT2D eigenvalue weighted by atomic mass is 10.1. The highest BCUT2D eigenvalue weighted by Crippen LogP contribution is 2.35. The molecule has 0 amide bonds. The Morgan fingerprint density at radius 2 is 1.69 bits per heavy atom. The van der Waals surface area contributed by atoms with Gasteiger partial charge in [-0.3, -0.25) is 0 Å². The third kappa shape index (κ3) is 3.82. The summed E-state index contributed by atoms with van der Waals surface area (Å²) < 4.78 is 31.6. The maximum atomic E-state index is 12.9. The molecule has 0 aliphatic carbocycles. The van der Waals surface area contributed by atoms with Crippen LogP contribution in [0.2, 0.25) is 0 Å². The number of hydrogen-bond donors (Lipinski definition) is 0. The van der Waals surface area contributed by atoms with Gasteiger partial charge < -0.3 is 14.5 Å². The normalized spacial score (nSPS) is 12.2. The van der Waals surface area contributed by atoms with Gasteiger partial charge in [-0.1, -0.05) is 43.2 Å². The van der Waals surface area contributed by atoms with Gasteiger partial charge in [0, 0.05) is 17.3 Å². The van der Waals surface area contributed by atoms with Gasteiger partial charge in [0.15, 0.2) is 0 Å². The van der Waals surface area contributed by atoms with E-state index in [0.29, 0.717) is 23.5 Å². The van der Waals surface area contributed by atoms with Crippen molar-refractivity contribution in [1.29, 1.82) is 0 Å². The Hall–Kier alpha value is -2.93. The van der Waals surface area contributed by atoms with E-state index >= 15 is 0 Å². The van der Waals surface area contributed by atoms with Crippen LogP contribution in [0.15, 0.2) is 53.4 Å². The fraction of sp³-hybridized carbons (Fsp3) is 0.273. The molecule has 0 atom stereocenters. The van der Waals surface area contributed by atoms with Crippen LogP contribution in [0.25, 0.3) is 26.7 Å². The van der Waals surface area contributed by atoms with Crippen LogP contribution in [0.4, 0.5) is 5.82 Å². The molecule has 0 spiro atoms. The zero-order valence-electron chi connectivity index (χ0n) is 16.9. The quantitative estimate of drug-likeness (QED) is 0.452.